The molecule has 0 radical (unpaired) electrons. The Morgan fingerprint density at radius 3 is 0.970 bits per heavy atom. The number of aliphatic hydroxyl groups is 3. The fourth-order valence-corrected chi connectivity index (χ4v) is 9.38. The summed E-state index contributed by atoms with van der Waals surface area (Å²) >= 11 is 0. The van der Waals surface area contributed by atoms with Crippen LogP contribution in [0.2, 0.25) is 0 Å². The Morgan fingerprint density at radius 2 is 0.652 bits per heavy atom. The van der Waals surface area contributed by atoms with E-state index in [0.29, 0.717) is 6.42 Å². The third kappa shape index (κ3) is 52.0. The highest BCUT2D eigenvalue weighted by Gasteiger charge is 2.20. The molecule has 0 fully saturated rings. The molecule has 0 rings (SSSR count). The van der Waals surface area contributed by atoms with Gasteiger partial charge < -0.3 is 20.6 Å². The molecule has 0 aliphatic heterocycles. The zero-order valence-corrected chi connectivity index (χ0v) is 44.6. The minimum Gasteiger partial charge on any atom is -0.394 e. The minimum absolute atomic E-state index is 0.00582. The first-order valence-electron chi connectivity index (χ1n) is 29.8. The molecule has 0 saturated carbocycles. The van der Waals surface area contributed by atoms with Crippen LogP contribution in [0.4, 0.5) is 0 Å². The Balaban J connectivity index is 3.59. The molecule has 0 bridgehead atoms. The van der Waals surface area contributed by atoms with Crippen molar-refractivity contribution in [1.82, 2.24) is 5.32 Å². The van der Waals surface area contributed by atoms with E-state index in [2.05, 4.69) is 43.5 Å². The molecule has 390 valence electrons. The van der Waals surface area contributed by atoms with E-state index < -0.39 is 18.2 Å². The van der Waals surface area contributed by atoms with Gasteiger partial charge in [-0.3, -0.25) is 4.79 Å². The summed E-state index contributed by atoms with van der Waals surface area (Å²) in [6.07, 6.45) is 73.5. The van der Waals surface area contributed by atoms with Crippen molar-refractivity contribution in [3.63, 3.8) is 0 Å². The van der Waals surface area contributed by atoms with Crippen LogP contribution in [0.5, 0.6) is 0 Å². The van der Waals surface area contributed by atoms with Gasteiger partial charge in [0, 0.05) is 0 Å². The van der Waals surface area contributed by atoms with Crippen molar-refractivity contribution in [2.45, 2.75) is 340 Å². The zero-order chi connectivity index (χ0) is 47.9. The molecule has 3 atom stereocenters. The molecule has 0 aliphatic carbocycles. The SMILES string of the molecule is CCCCCCCCCCCCCCCCC/C=C/CC/C=C/CC/C=C/C(O)C(CO)NC(=O)CC(O)CCCCCCCCCCCCCCCCCCCCCCCCCCCC. The van der Waals surface area contributed by atoms with Crippen LogP contribution in [0, 0.1) is 0 Å². The van der Waals surface area contributed by atoms with Crippen molar-refractivity contribution in [2.24, 2.45) is 0 Å². The van der Waals surface area contributed by atoms with E-state index in [1.165, 1.54) is 257 Å². The van der Waals surface area contributed by atoms with Crippen molar-refractivity contribution in [2.75, 3.05) is 6.61 Å². The van der Waals surface area contributed by atoms with E-state index in [0.717, 1.165) is 38.5 Å². The number of hydrogen-bond acceptors (Lipinski definition) is 4. The smallest absolute Gasteiger partial charge is 0.222 e. The van der Waals surface area contributed by atoms with E-state index in [-0.39, 0.29) is 18.9 Å². The average Bonchev–Trinajstić information content (AvgIpc) is 3.31. The van der Waals surface area contributed by atoms with Crippen LogP contribution < -0.4 is 5.32 Å². The molecule has 0 aromatic rings. The maximum Gasteiger partial charge on any atom is 0.222 e. The van der Waals surface area contributed by atoms with Crippen molar-refractivity contribution in [3.05, 3.63) is 36.5 Å². The number of hydrogen-bond donors (Lipinski definition) is 4. The zero-order valence-electron chi connectivity index (χ0n) is 44.6. The lowest BCUT2D eigenvalue weighted by Gasteiger charge is -2.21. The Hall–Kier alpha value is -1.43. The number of unbranched alkanes of at least 4 members (excludes halogenated alkanes) is 42. The highest BCUT2D eigenvalue weighted by Crippen LogP contribution is 2.18. The molecule has 5 nitrogen and oxygen atoms in total. The average molecular weight is 929 g/mol. The van der Waals surface area contributed by atoms with Gasteiger partial charge in [0.2, 0.25) is 5.91 Å². The third-order valence-electron chi connectivity index (χ3n) is 13.9. The van der Waals surface area contributed by atoms with E-state index in [9.17, 15) is 20.1 Å². The Bertz CT molecular complexity index is 1020. The lowest BCUT2D eigenvalue weighted by Crippen LogP contribution is -2.45. The minimum atomic E-state index is -0.960. The summed E-state index contributed by atoms with van der Waals surface area (Å²) in [6, 6.07) is -0.767. The molecule has 0 spiro atoms. The number of allylic oxidation sites excluding steroid dienone is 5. The Labute approximate surface area is 413 Å². The Kier molecular flexibility index (Phi) is 54.9. The summed E-state index contributed by atoms with van der Waals surface area (Å²) in [5, 5.41) is 33.5. The monoisotopic (exact) mass is 928 g/mol. The largest absolute Gasteiger partial charge is 0.394 e. The molecule has 3 unspecified atom stereocenters. The van der Waals surface area contributed by atoms with Gasteiger partial charge in [-0.25, -0.2) is 0 Å². The van der Waals surface area contributed by atoms with Crippen LogP contribution in [0.3, 0.4) is 0 Å². The first-order valence-corrected chi connectivity index (χ1v) is 29.8. The molecule has 5 heteroatoms. The molecule has 0 saturated heterocycles. The molecule has 0 aromatic carbocycles. The molecule has 0 heterocycles. The molecule has 0 aromatic heterocycles. The Morgan fingerprint density at radius 1 is 0.379 bits per heavy atom. The fourth-order valence-electron chi connectivity index (χ4n) is 9.38. The number of carbonyl (C=O) groups excluding carboxylic acids is 1. The summed E-state index contributed by atoms with van der Waals surface area (Å²) in [7, 11) is 0. The number of amides is 1. The van der Waals surface area contributed by atoms with Gasteiger partial charge in [-0.2, -0.15) is 0 Å². The van der Waals surface area contributed by atoms with Gasteiger partial charge in [0.1, 0.15) is 0 Å². The molecule has 0 aliphatic rings. The predicted octanol–water partition coefficient (Wildman–Crippen LogP) is 18.6. The quantitative estimate of drug-likeness (QED) is 0.0361. The topological polar surface area (TPSA) is 89.8 Å². The predicted molar refractivity (Wildman–Crippen MR) is 291 cm³/mol. The second-order valence-electron chi connectivity index (χ2n) is 20.6. The van der Waals surface area contributed by atoms with Gasteiger partial charge in [0.25, 0.3) is 0 Å². The van der Waals surface area contributed by atoms with Crippen LogP contribution in [-0.4, -0.2) is 46.1 Å². The number of nitrogens with one attached hydrogen (secondary N) is 1. The molecular weight excluding hydrogens is 811 g/mol. The van der Waals surface area contributed by atoms with Crippen LogP contribution in [0.1, 0.15) is 322 Å². The number of aliphatic hydroxyl groups excluding tert-OH is 3. The summed E-state index contributed by atoms with van der Waals surface area (Å²) in [6.45, 7) is 4.24. The fraction of sp³-hybridized carbons (Fsp3) is 0.885. The van der Waals surface area contributed by atoms with Gasteiger partial charge in [0.15, 0.2) is 0 Å². The van der Waals surface area contributed by atoms with Gasteiger partial charge in [0.05, 0.1) is 31.3 Å². The second-order valence-corrected chi connectivity index (χ2v) is 20.6. The van der Waals surface area contributed by atoms with Gasteiger partial charge in [-0.05, 0) is 44.9 Å². The first-order chi connectivity index (χ1) is 32.5. The van der Waals surface area contributed by atoms with E-state index in [1.807, 2.05) is 6.08 Å². The summed E-state index contributed by atoms with van der Waals surface area (Å²) in [4.78, 5) is 12.5. The third-order valence-corrected chi connectivity index (χ3v) is 13.9. The molecule has 66 heavy (non-hydrogen) atoms. The second kappa shape index (κ2) is 56.2. The van der Waals surface area contributed by atoms with Crippen molar-refractivity contribution < 1.29 is 20.1 Å². The molecular formula is C61H117NO4. The van der Waals surface area contributed by atoms with Crippen molar-refractivity contribution in [3.8, 4) is 0 Å². The summed E-state index contributed by atoms with van der Waals surface area (Å²) in [5.74, 6) is -0.324. The van der Waals surface area contributed by atoms with E-state index >= 15 is 0 Å². The maximum atomic E-state index is 12.5. The normalized spacial score (nSPS) is 13.5. The van der Waals surface area contributed by atoms with Crippen LogP contribution >= 0.6 is 0 Å². The summed E-state index contributed by atoms with van der Waals surface area (Å²) < 4.78 is 0. The lowest BCUT2D eigenvalue weighted by molar-refractivity contribution is -0.124. The standard InChI is InChI=1S/C61H117NO4/c1-3-5-7-9-11-13-15-17-19-21-23-25-27-29-31-32-34-36-38-40-42-44-46-48-50-52-54-58(64)56-61(66)62-59(57-63)60(65)55-53-51-49-47-45-43-41-39-37-35-33-30-28-26-24-22-20-18-16-14-12-10-8-6-4-2/h37,39,45,47,53,55,58-60,63-65H,3-36,38,40-44,46,48-52,54,56-57H2,1-2H3,(H,62,66)/b39-37+,47-45+,55-53+. The highest BCUT2D eigenvalue weighted by atomic mass is 16.3. The maximum absolute atomic E-state index is 12.5. The van der Waals surface area contributed by atoms with Crippen molar-refractivity contribution in [1.29, 1.82) is 0 Å². The van der Waals surface area contributed by atoms with Gasteiger partial charge >= 0.3 is 0 Å². The molecule has 1 amide bonds. The van der Waals surface area contributed by atoms with Crippen LogP contribution in [0.15, 0.2) is 36.5 Å². The van der Waals surface area contributed by atoms with Gasteiger partial charge in [-0.15, -0.1) is 0 Å². The van der Waals surface area contributed by atoms with Gasteiger partial charge in [-0.1, -0.05) is 307 Å². The molecule has 4 N–H and O–H groups in total. The van der Waals surface area contributed by atoms with Crippen molar-refractivity contribution >= 4 is 5.91 Å². The number of carbonyl (C=O) groups is 1. The van der Waals surface area contributed by atoms with Crippen LogP contribution in [-0.2, 0) is 4.79 Å². The highest BCUT2D eigenvalue weighted by molar-refractivity contribution is 5.76. The van der Waals surface area contributed by atoms with E-state index in [1.54, 1.807) is 6.08 Å². The van der Waals surface area contributed by atoms with Crippen LogP contribution in [0.25, 0.3) is 0 Å². The number of rotatable bonds is 55. The lowest BCUT2D eigenvalue weighted by atomic mass is 10.0. The van der Waals surface area contributed by atoms with E-state index in [4.69, 9.17) is 0 Å². The summed E-state index contributed by atoms with van der Waals surface area (Å²) in [5.41, 5.74) is 0. The first kappa shape index (κ1) is 64.6.